The van der Waals surface area contributed by atoms with Crippen LogP contribution in [0.1, 0.15) is 34.0 Å². The molecule has 0 aliphatic heterocycles. The maximum absolute atomic E-state index is 13.7. The molecule has 0 spiro atoms. The van der Waals surface area contributed by atoms with Gasteiger partial charge in [-0.05, 0) is 48.2 Å². The highest BCUT2D eigenvalue weighted by atomic mass is 35.5. The first-order chi connectivity index (χ1) is 11.7. The van der Waals surface area contributed by atoms with Crippen molar-refractivity contribution in [3.63, 3.8) is 0 Å². The molecule has 1 amide bonds. The second-order valence-electron chi connectivity index (χ2n) is 5.48. The van der Waals surface area contributed by atoms with Crippen molar-refractivity contribution in [3.05, 3.63) is 69.5 Å². The summed E-state index contributed by atoms with van der Waals surface area (Å²) in [6, 6.07) is 7.22. The molecule has 0 saturated carbocycles. The quantitative estimate of drug-likeness (QED) is 0.731. The van der Waals surface area contributed by atoms with Gasteiger partial charge in [0.1, 0.15) is 5.82 Å². The summed E-state index contributed by atoms with van der Waals surface area (Å²) in [6.45, 7) is 2.13. The average Bonchev–Trinajstić information content (AvgIpc) is 2.55. The highest BCUT2D eigenvalue weighted by Gasteiger charge is 2.31. The zero-order valence-electron chi connectivity index (χ0n) is 13.4. The minimum Gasteiger partial charge on any atom is -0.352 e. The Bertz CT molecular complexity index is 774. The topological polar surface area (TPSA) is 29.1 Å². The van der Waals surface area contributed by atoms with Gasteiger partial charge in [-0.2, -0.15) is 13.2 Å². The van der Waals surface area contributed by atoms with Gasteiger partial charge in [0.25, 0.3) is 5.91 Å². The molecule has 2 aromatic carbocycles. The van der Waals surface area contributed by atoms with E-state index in [2.05, 4.69) is 5.32 Å². The van der Waals surface area contributed by atoms with Crippen molar-refractivity contribution in [1.29, 1.82) is 0 Å². The number of halogens is 5. The lowest BCUT2D eigenvalue weighted by Crippen LogP contribution is -2.27. The number of amides is 1. The Balaban J connectivity index is 2.03. The number of carbonyl (C=O) groups excluding carboxylic acids is 1. The third kappa shape index (κ3) is 4.95. The van der Waals surface area contributed by atoms with E-state index in [0.29, 0.717) is 29.6 Å². The van der Waals surface area contributed by atoms with Crippen LogP contribution in [-0.4, -0.2) is 12.5 Å². The van der Waals surface area contributed by atoms with Crippen molar-refractivity contribution in [2.45, 2.75) is 25.9 Å². The fourth-order valence-corrected chi connectivity index (χ4v) is 2.60. The number of benzene rings is 2. The number of rotatable bonds is 5. The molecule has 2 nitrogen and oxygen atoms in total. The molecule has 2 rings (SSSR count). The van der Waals surface area contributed by atoms with Crippen molar-refractivity contribution in [3.8, 4) is 0 Å². The monoisotopic (exact) mass is 373 g/mol. The molecule has 2 aromatic rings. The van der Waals surface area contributed by atoms with Crippen molar-refractivity contribution in [2.75, 3.05) is 6.54 Å². The van der Waals surface area contributed by atoms with Gasteiger partial charge in [0.15, 0.2) is 0 Å². The Morgan fingerprint density at radius 1 is 1.16 bits per heavy atom. The summed E-state index contributed by atoms with van der Waals surface area (Å²) < 4.78 is 51.7. The lowest BCUT2D eigenvalue weighted by Gasteiger charge is -2.11. The Hall–Kier alpha value is -2.08. The maximum Gasteiger partial charge on any atom is 0.416 e. The first-order valence-electron chi connectivity index (χ1n) is 7.64. The van der Waals surface area contributed by atoms with Gasteiger partial charge in [-0.25, -0.2) is 4.39 Å². The van der Waals surface area contributed by atoms with E-state index in [4.69, 9.17) is 11.6 Å². The predicted molar refractivity (Wildman–Crippen MR) is 88.3 cm³/mol. The van der Waals surface area contributed by atoms with Crippen LogP contribution in [0.4, 0.5) is 17.6 Å². The molecule has 0 atom stereocenters. The van der Waals surface area contributed by atoms with Gasteiger partial charge in [0, 0.05) is 11.6 Å². The van der Waals surface area contributed by atoms with Gasteiger partial charge in [-0.1, -0.05) is 30.7 Å². The molecular formula is C18H16ClF4NO. The molecule has 0 aromatic heterocycles. The van der Waals surface area contributed by atoms with E-state index in [0.717, 1.165) is 17.5 Å². The molecule has 134 valence electrons. The maximum atomic E-state index is 13.7. The zero-order chi connectivity index (χ0) is 18.6. The van der Waals surface area contributed by atoms with Crippen LogP contribution >= 0.6 is 11.6 Å². The zero-order valence-corrected chi connectivity index (χ0v) is 14.1. The number of hydrogen-bond acceptors (Lipinski definition) is 1. The van der Waals surface area contributed by atoms with Crippen LogP contribution in [0.2, 0.25) is 5.02 Å². The summed E-state index contributed by atoms with van der Waals surface area (Å²) in [4.78, 5) is 12.0. The van der Waals surface area contributed by atoms with Crippen LogP contribution in [0.5, 0.6) is 0 Å². The van der Waals surface area contributed by atoms with Gasteiger partial charge < -0.3 is 5.32 Å². The molecule has 0 fully saturated rings. The van der Waals surface area contributed by atoms with Gasteiger partial charge in [-0.15, -0.1) is 0 Å². The summed E-state index contributed by atoms with van der Waals surface area (Å²) in [5.41, 5.74) is 0.199. The SMILES string of the molecule is CCc1cc(CCNC(=O)c2cc(C(F)(F)F)ccc2F)ccc1Cl. The Labute approximate surface area is 147 Å². The van der Waals surface area contributed by atoms with E-state index in [1.54, 1.807) is 12.1 Å². The Morgan fingerprint density at radius 2 is 1.88 bits per heavy atom. The lowest BCUT2D eigenvalue weighted by molar-refractivity contribution is -0.137. The van der Waals surface area contributed by atoms with E-state index >= 15 is 0 Å². The molecule has 25 heavy (non-hydrogen) atoms. The third-order valence-corrected chi connectivity index (χ3v) is 4.10. The standard InChI is InChI=1S/C18H16ClF4NO/c1-2-12-9-11(3-5-15(12)19)7-8-24-17(25)14-10-13(18(21,22)23)4-6-16(14)20/h3-6,9-10H,2,7-8H2,1H3,(H,24,25). The van der Waals surface area contributed by atoms with E-state index in [-0.39, 0.29) is 6.54 Å². The minimum absolute atomic E-state index is 0.166. The normalized spacial score (nSPS) is 11.4. The summed E-state index contributed by atoms with van der Waals surface area (Å²) in [6.07, 6.45) is -3.42. The summed E-state index contributed by atoms with van der Waals surface area (Å²) in [5.74, 6) is -1.88. The molecule has 0 aliphatic carbocycles. The van der Waals surface area contributed by atoms with Crippen LogP contribution in [0.15, 0.2) is 36.4 Å². The Morgan fingerprint density at radius 3 is 2.52 bits per heavy atom. The van der Waals surface area contributed by atoms with Crippen LogP contribution in [-0.2, 0) is 19.0 Å². The van der Waals surface area contributed by atoms with Gasteiger partial charge >= 0.3 is 6.18 Å². The second kappa shape index (κ2) is 7.87. The molecule has 0 radical (unpaired) electrons. The first-order valence-corrected chi connectivity index (χ1v) is 8.02. The lowest BCUT2D eigenvalue weighted by atomic mass is 10.1. The minimum atomic E-state index is -4.64. The smallest absolute Gasteiger partial charge is 0.352 e. The van der Waals surface area contributed by atoms with E-state index < -0.39 is 29.0 Å². The molecule has 7 heteroatoms. The van der Waals surface area contributed by atoms with E-state index in [9.17, 15) is 22.4 Å². The predicted octanol–water partition coefficient (Wildman–Crippen LogP) is 5.03. The fraction of sp³-hybridized carbons (Fsp3) is 0.278. The van der Waals surface area contributed by atoms with Crippen molar-refractivity contribution in [2.24, 2.45) is 0 Å². The summed E-state index contributed by atoms with van der Waals surface area (Å²) in [7, 11) is 0. The third-order valence-electron chi connectivity index (χ3n) is 3.73. The van der Waals surface area contributed by atoms with Crippen LogP contribution in [0.25, 0.3) is 0 Å². The van der Waals surface area contributed by atoms with E-state index in [1.807, 2.05) is 13.0 Å². The van der Waals surface area contributed by atoms with Gasteiger partial charge in [-0.3, -0.25) is 4.79 Å². The van der Waals surface area contributed by atoms with E-state index in [1.165, 1.54) is 0 Å². The van der Waals surface area contributed by atoms with Gasteiger partial charge in [0.05, 0.1) is 11.1 Å². The average molecular weight is 374 g/mol. The van der Waals surface area contributed by atoms with Crippen molar-refractivity contribution in [1.82, 2.24) is 5.32 Å². The highest BCUT2D eigenvalue weighted by molar-refractivity contribution is 6.31. The van der Waals surface area contributed by atoms with Gasteiger partial charge in [0.2, 0.25) is 0 Å². The number of aryl methyl sites for hydroxylation is 1. The number of carbonyl (C=O) groups is 1. The molecule has 0 saturated heterocycles. The molecular weight excluding hydrogens is 358 g/mol. The van der Waals surface area contributed by atoms with Crippen molar-refractivity contribution < 1.29 is 22.4 Å². The van der Waals surface area contributed by atoms with Crippen LogP contribution < -0.4 is 5.32 Å². The first kappa shape index (κ1) is 19.2. The summed E-state index contributed by atoms with van der Waals surface area (Å²) in [5, 5.41) is 3.09. The largest absolute Gasteiger partial charge is 0.416 e. The Kier molecular flexibility index (Phi) is 6.06. The highest BCUT2D eigenvalue weighted by Crippen LogP contribution is 2.30. The molecule has 0 heterocycles. The van der Waals surface area contributed by atoms with Crippen molar-refractivity contribution >= 4 is 17.5 Å². The van der Waals surface area contributed by atoms with Crippen LogP contribution in [0.3, 0.4) is 0 Å². The number of nitrogens with one attached hydrogen (secondary N) is 1. The molecule has 0 aliphatic rings. The molecule has 1 N–H and O–H groups in total. The van der Waals surface area contributed by atoms with Crippen LogP contribution in [0, 0.1) is 5.82 Å². The molecule has 0 bridgehead atoms. The fourth-order valence-electron chi connectivity index (χ4n) is 2.35. The molecule has 0 unspecified atom stereocenters. The number of alkyl halides is 3. The second-order valence-corrected chi connectivity index (χ2v) is 5.88. The summed E-state index contributed by atoms with van der Waals surface area (Å²) >= 11 is 6.03. The number of hydrogen-bond donors (Lipinski definition) is 1.